The summed E-state index contributed by atoms with van der Waals surface area (Å²) >= 11 is 0. The molecule has 1 unspecified atom stereocenters. The van der Waals surface area contributed by atoms with Gasteiger partial charge in [-0.2, -0.15) is 5.26 Å². The highest BCUT2D eigenvalue weighted by atomic mass is 16.5. The number of hydrogen-bond donors (Lipinski definition) is 1. The van der Waals surface area contributed by atoms with Crippen LogP contribution in [0, 0.1) is 11.3 Å². The summed E-state index contributed by atoms with van der Waals surface area (Å²) in [4.78, 5) is 12.4. The maximum absolute atomic E-state index is 12.4. The first-order valence-corrected chi connectivity index (χ1v) is 13.5. The lowest BCUT2D eigenvalue weighted by atomic mass is 9.83. The summed E-state index contributed by atoms with van der Waals surface area (Å²) in [5, 5.41) is 9.93. The van der Waals surface area contributed by atoms with Gasteiger partial charge in [0.1, 0.15) is 23.1 Å². The number of esters is 1. The Hall–Kier alpha value is -4.70. The van der Waals surface area contributed by atoms with E-state index in [4.69, 9.17) is 24.7 Å². The summed E-state index contributed by atoms with van der Waals surface area (Å²) in [6, 6.07) is 22.3. The molecule has 0 saturated carbocycles. The molecule has 40 heavy (non-hydrogen) atoms. The lowest BCUT2D eigenvalue weighted by Gasteiger charge is -2.27. The van der Waals surface area contributed by atoms with Crippen LogP contribution in [0.25, 0.3) is 6.08 Å². The van der Waals surface area contributed by atoms with E-state index in [9.17, 15) is 10.1 Å². The van der Waals surface area contributed by atoms with Gasteiger partial charge in [0.2, 0.25) is 5.88 Å². The third-order valence-corrected chi connectivity index (χ3v) is 6.65. The molecule has 0 aromatic heterocycles. The molecule has 4 rings (SSSR count). The van der Waals surface area contributed by atoms with Gasteiger partial charge in [0.15, 0.2) is 11.5 Å². The quantitative estimate of drug-likeness (QED) is 0.116. The molecule has 1 aliphatic rings. The lowest BCUT2D eigenvalue weighted by molar-refractivity contribution is -0.128. The number of carbonyl (C=O) groups excluding carboxylic acids is 1. The first-order valence-electron chi connectivity index (χ1n) is 13.5. The van der Waals surface area contributed by atoms with E-state index < -0.39 is 11.9 Å². The molecule has 206 valence electrons. The molecule has 3 aromatic carbocycles. The van der Waals surface area contributed by atoms with Crippen molar-refractivity contribution in [3.8, 4) is 29.1 Å². The molecule has 0 aliphatic carbocycles. The molecule has 7 heteroatoms. The van der Waals surface area contributed by atoms with Crippen LogP contribution in [0.1, 0.15) is 61.6 Å². The van der Waals surface area contributed by atoms with Gasteiger partial charge in [-0.05, 0) is 41.8 Å². The first-order chi connectivity index (χ1) is 19.5. The number of nitrogens with zero attached hydrogens (tertiary/aromatic N) is 1. The van der Waals surface area contributed by atoms with Crippen molar-refractivity contribution >= 4 is 12.0 Å². The van der Waals surface area contributed by atoms with Crippen molar-refractivity contribution in [3.63, 3.8) is 0 Å². The van der Waals surface area contributed by atoms with Crippen molar-refractivity contribution < 1.29 is 23.7 Å². The van der Waals surface area contributed by atoms with Gasteiger partial charge in [0, 0.05) is 17.7 Å². The number of hydrogen-bond acceptors (Lipinski definition) is 7. The molecule has 0 spiro atoms. The fraction of sp³-hybridized carbons (Fsp3) is 0.273. The van der Waals surface area contributed by atoms with Gasteiger partial charge >= 0.3 is 5.97 Å². The molecule has 7 nitrogen and oxygen atoms in total. The van der Waals surface area contributed by atoms with Crippen LogP contribution in [0.15, 0.2) is 84.3 Å². The number of benzene rings is 3. The van der Waals surface area contributed by atoms with Crippen molar-refractivity contribution in [1.82, 2.24) is 0 Å². The molecule has 0 amide bonds. The summed E-state index contributed by atoms with van der Waals surface area (Å²) in [6.45, 7) is 2.80. The Balaban J connectivity index is 1.53. The molecular formula is C33H34N2O5. The van der Waals surface area contributed by atoms with Crippen LogP contribution >= 0.6 is 0 Å². The second-order valence-electron chi connectivity index (χ2n) is 9.46. The summed E-state index contributed by atoms with van der Waals surface area (Å²) in [5.74, 6) is 0.912. The number of fused-ring (bicyclic) bond motifs is 1. The minimum atomic E-state index is -0.525. The predicted octanol–water partition coefficient (Wildman–Crippen LogP) is 6.88. The zero-order valence-electron chi connectivity index (χ0n) is 22.9. The van der Waals surface area contributed by atoms with E-state index >= 15 is 0 Å². The summed E-state index contributed by atoms with van der Waals surface area (Å²) < 4.78 is 22.9. The van der Waals surface area contributed by atoms with E-state index in [2.05, 4.69) is 13.0 Å². The smallest absolute Gasteiger partial charge is 0.336 e. The number of methoxy groups -OCH3 is 1. The molecule has 1 heterocycles. The van der Waals surface area contributed by atoms with Gasteiger partial charge in [0.25, 0.3) is 0 Å². The number of carbonyl (C=O) groups is 1. The van der Waals surface area contributed by atoms with Gasteiger partial charge in [0.05, 0.1) is 19.6 Å². The topological polar surface area (TPSA) is 104 Å². The van der Waals surface area contributed by atoms with Crippen LogP contribution < -0.4 is 24.7 Å². The SMILES string of the molecule is CCCCCCCOc1ccc(C2C(C#N)=C(N)Oc3cc(OC(=O)/C=C/c4ccccc4)ccc32)cc1OC. The van der Waals surface area contributed by atoms with E-state index in [0.29, 0.717) is 29.6 Å². The largest absolute Gasteiger partial charge is 0.493 e. The highest BCUT2D eigenvalue weighted by Crippen LogP contribution is 2.45. The Morgan fingerprint density at radius 1 is 1.02 bits per heavy atom. The van der Waals surface area contributed by atoms with Crippen molar-refractivity contribution in [2.75, 3.05) is 13.7 Å². The number of nitrogens with two attached hydrogens (primary N) is 1. The predicted molar refractivity (Wildman–Crippen MR) is 154 cm³/mol. The number of ether oxygens (including phenoxy) is 4. The molecule has 0 radical (unpaired) electrons. The summed E-state index contributed by atoms with van der Waals surface area (Å²) in [7, 11) is 1.59. The van der Waals surface area contributed by atoms with Crippen molar-refractivity contribution in [2.24, 2.45) is 5.73 Å². The first kappa shape index (κ1) is 28.3. The minimum Gasteiger partial charge on any atom is -0.493 e. The third kappa shape index (κ3) is 7.03. The Morgan fingerprint density at radius 3 is 2.58 bits per heavy atom. The van der Waals surface area contributed by atoms with E-state index in [1.165, 1.54) is 25.3 Å². The normalized spacial score (nSPS) is 14.3. The highest BCUT2D eigenvalue weighted by Gasteiger charge is 2.31. The average Bonchev–Trinajstić information content (AvgIpc) is 2.97. The molecule has 1 atom stereocenters. The van der Waals surface area contributed by atoms with Gasteiger partial charge < -0.3 is 24.7 Å². The Labute approximate surface area is 235 Å². The van der Waals surface area contributed by atoms with E-state index in [1.54, 1.807) is 31.4 Å². The fourth-order valence-electron chi connectivity index (χ4n) is 4.59. The number of nitriles is 1. The van der Waals surface area contributed by atoms with Crippen LogP contribution in [0.4, 0.5) is 0 Å². The third-order valence-electron chi connectivity index (χ3n) is 6.65. The standard InChI is InChI=1S/C33H34N2O5/c1-3-4-5-6-10-19-38-28-17-14-24(20-30(28)37-2)32-26-16-15-25(21-29(26)40-33(35)27(32)22-34)39-31(36)18-13-23-11-8-7-9-12-23/h7-9,11-18,20-21,32H,3-6,10,19,35H2,1-2H3/b18-13+. The number of rotatable bonds is 12. The minimum absolute atomic E-state index is 0.00109. The van der Waals surface area contributed by atoms with Crippen LogP contribution in [0.5, 0.6) is 23.0 Å². The zero-order chi connectivity index (χ0) is 28.3. The van der Waals surface area contributed by atoms with Crippen molar-refractivity contribution in [3.05, 3.63) is 101 Å². The van der Waals surface area contributed by atoms with Crippen LogP contribution in [-0.4, -0.2) is 19.7 Å². The summed E-state index contributed by atoms with van der Waals surface area (Å²) in [5.41, 5.74) is 8.86. The highest BCUT2D eigenvalue weighted by molar-refractivity contribution is 5.88. The molecule has 2 N–H and O–H groups in total. The Kier molecular flexibility index (Phi) is 9.84. The van der Waals surface area contributed by atoms with Gasteiger partial charge in [-0.1, -0.05) is 75.1 Å². The summed E-state index contributed by atoms with van der Waals surface area (Å²) in [6.07, 6.45) is 8.79. The van der Waals surface area contributed by atoms with Crippen LogP contribution in [0.2, 0.25) is 0 Å². The molecule has 1 aliphatic heterocycles. The monoisotopic (exact) mass is 538 g/mol. The zero-order valence-corrected chi connectivity index (χ0v) is 22.9. The Bertz CT molecular complexity index is 1420. The molecule has 3 aromatic rings. The molecule has 0 saturated heterocycles. The van der Waals surface area contributed by atoms with Gasteiger partial charge in [-0.3, -0.25) is 0 Å². The van der Waals surface area contributed by atoms with E-state index in [1.807, 2.05) is 48.5 Å². The fourth-order valence-corrected chi connectivity index (χ4v) is 4.59. The van der Waals surface area contributed by atoms with E-state index in [0.717, 1.165) is 29.5 Å². The second-order valence-corrected chi connectivity index (χ2v) is 9.46. The maximum Gasteiger partial charge on any atom is 0.336 e. The van der Waals surface area contributed by atoms with Gasteiger partial charge in [-0.15, -0.1) is 0 Å². The second kappa shape index (κ2) is 13.9. The maximum atomic E-state index is 12.4. The van der Waals surface area contributed by atoms with Crippen molar-refractivity contribution in [1.29, 1.82) is 5.26 Å². The molecular weight excluding hydrogens is 504 g/mol. The molecule has 0 bridgehead atoms. The number of allylic oxidation sites excluding steroid dienone is 1. The van der Waals surface area contributed by atoms with Crippen LogP contribution in [-0.2, 0) is 4.79 Å². The Morgan fingerprint density at radius 2 is 1.82 bits per heavy atom. The van der Waals surface area contributed by atoms with Gasteiger partial charge in [-0.25, -0.2) is 4.79 Å². The molecule has 0 fully saturated rings. The average molecular weight is 539 g/mol. The number of unbranched alkanes of at least 4 members (excludes halogenated alkanes) is 4. The van der Waals surface area contributed by atoms with Crippen LogP contribution in [0.3, 0.4) is 0 Å². The lowest BCUT2D eigenvalue weighted by Crippen LogP contribution is -2.21. The van der Waals surface area contributed by atoms with E-state index in [-0.39, 0.29) is 11.5 Å². The van der Waals surface area contributed by atoms with Crippen molar-refractivity contribution in [2.45, 2.75) is 44.9 Å².